The van der Waals surface area contributed by atoms with Crippen LogP contribution in [-0.4, -0.2) is 23.3 Å². The molecule has 1 aromatic heterocycles. The number of carbonyl (C=O) groups excluding carboxylic acids is 2. The monoisotopic (exact) mass is 351 g/mol. The van der Waals surface area contributed by atoms with Gasteiger partial charge >= 0.3 is 0 Å². The van der Waals surface area contributed by atoms with E-state index in [4.69, 9.17) is 0 Å². The number of hydrogen-bond donors (Lipinski definition) is 2. The molecule has 0 fully saturated rings. The number of halogens is 1. The summed E-state index contributed by atoms with van der Waals surface area (Å²) >= 11 is 0. The van der Waals surface area contributed by atoms with Crippen LogP contribution in [0.2, 0.25) is 0 Å². The average molecular weight is 351 g/mol. The maximum Gasteiger partial charge on any atom is 0.253 e. The molecule has 2 N–H and O–H groups in total. The van der Waals surface area contributed by atoms with Gasteiger partial charge in [-0.15, -0.1) is 0 Å². The first-order valence-electron chi connectivity index (χ1n) is 8.18. The lowest BCUT2D eigenvalue weighted by atomic mass is 10.1. The van der Waals surface area contributed by atoms with Crippen LogP contribution in [0.4, 0.5) is 4.39 Å². The van der Waals surface area contributed by atoms with Crippen LogP contribution in [0.3, 0.4) is 0 Å². The molecule has 0 aliphatic rings. The van der Waals surface area contributed by atoms with Crippen molar-refractivity contribution in [2.24, 2.45) is 0 Å². The van der Waals surface area contributed by atoms with Gasteiger partial charge in [-0.25, -0.2) is 4.39 Å². The minimum absolute atomic E-state index is 0.132. The molecule has 0 bridgehead atoms. The molecular weight excluding hydrogens is 333 g/mol. The van der Waals surface area contributed by atoms with E-state index in [-0.39, 0.29) is 18.3 Å². The van der Waals surface area contributed by atoms with Gasteiger partial charge in [-0.2, -0.15) is 0 Å². The third-order valence-electron chi connectivity index (χ3n) is 3.96. The zero-order chi connectivity index (χ0) is 18.5. The number of pyridine rings is 1. The molecule has 2 aromatic carbocycles. The summed E-state index contributed by atoms with van der Waals surface area (Å²) in [5.41, 5.74) is 2.30. The second-order valence-corrected chi connectivity index (χ2v) is 5.90. The third kappa shape index (κ3) is 4.22. The Balaban J connectivity index is 1.61. The number of aryl methyl sites for hydroxylation is 1. The smallest absolute Gasteiger partial charge is 0.253 e. The first kappa shape index (κ1) is 17.5. The fourth-order valence-electron chi connectivity index (χ4n) is 2.58. The summed E-state index contributed by atoms with van der Waals surface area (Å²) in [7, 11) is 0. The first-order chi connectivity index (χ1) is 12.5. The number of carbonyl (C=O) groups is 2. The molecule has 0 saturated carbocycles. The minimum Gasteiger partial charge on any atom is -0.350 e. The largest absolute Gasteiger partial charge is 0.350 e. The highest BCUT2D eigenvalue weighted by Crippen LogP contribution is 2.17. The minimum atomic E-state index is -0.393. The van der Waals surface area contributed by atoms with Gasteiger partial charge in [0.1, 0.15) is 5.82 Å². The van der Waals surface area contributed by atoms with E-state index >= 15 is 0 Å². The molecule has 3 aromatic rings. The number of amides is 2. The molecule has 0 radical (unpaired) electrons. The van der Waals surface area contributed by atoms with Crippen molar-refractivity contribution in [2.45, 2.75) is 13.5 Å². The van der Waals surface area contributed by atoms with Crippen LogP contribution in [0.5, 0.6) is 0 Å². The second kappa shape index (κ2) is 7.74. The molecule has 0 unspecified atom stereocenters. The van der Waals surface area contributed by atoms with E-state index in [1.165, 1.54) is 12.1 Å². The Morgan fingerprint density at radius 1 is 1.04 bits per heavy atom. The fraction of sp³-hybridized carbons (Fsp3) is 0.150. The van der Waals surface area contributed by atoms with Gasteiger partial charge in [0.15, 0.2) is 0 Å². The molecule has 26 heavy (non-hydrogen) atoms. The summed E-state index contributed by atoms with van der Waals surface area (Å²) in [6, 6.07) is 15.4. The standard InChI is InChI=1S/C20H18FN3O2/c1-13-17(9-15-7-8-16(21)10-18(15)24-13)20(26)23-12-19(25)22-11-14-5-3-2-4-6-14/h2-10H,11-12H2,1H3,(H,22,25)(H,23,26). The van der Waals surface area contributed by atoms with Crippen molar-refractivity contribution in [2.75, 3.05) is 6.54 Å². The predicted octanol–water partition coefficient (Wildman–Crippen LogP) is 2.73. The van der Waals surface area contributed by atoms with Crippen molar-refractivity contribution in [3.05, 3.63) is 77.2 Å². The van der Waals surface area contributed by atoms with Crippen LogP contribution < -0.4 is 10.6 Å². The molecule has 5 nitrogen and oxygen atoms in total. The molecule has 0 atom stereocenters. The van der Waals surface area contributed by atoms with Crippen molar-refractivity contribution in [3.63, 3.8) is 0 Å². The summed E-state index contributed by atoms with van der Waals surface area (Å²) in [5, 5.41) is 5.99. The van der Waals surface area contributed by atoms with Crippen molar-refractivity contribution in [1.82, 2.24) is 15.6 Å². The van der Waals surface area contributed by atoms with E-state index in [9.17, 15) is 14.0 Å². The Bertz CT molecular complexity index is 958. The van der Waals surface area contributed by atoms with Crippen LogP contribution in [0.25, 0.3) is 10.9 Å². The summed E-state index contributed by atoms with van der Waals surface area (Å²) in [6.45, 7) is 1.94. The number of benzene rings is 2. The summed E-state index contributed by atoms with van der Waals surface area (Å²) in [6.07, 6.45) is 0. The van der Waals surface area contributed by atoms with Gasteiger partial charge in [-0.1, -0.05) is 30.3 Å². The van der Waals surface area contributed by atoms with Gasteiger partial charge in [-0.05, 0) is 30.7 Å². The molecule has 0 spiro atoms. The Kier molecular flexibility index (Phi) is 5.22. The first-order valence-corrected chi connectivity index (χ1v) is 8.18. The maximum absolute atomic E-state index is 13.3. The van der Waals surface area contributed by atoms with E-state index in [1.807, 2.05) is 30.3 Å². The summed E-state index contributed by atoms with van der Waals surface area (Å²) in [4.78, 5) is 28.5. The molecular formula is C20H18FN3O2. The fourth-order valence-corrected chi connectivity index (χ4v) is 2.58. The topological polar surface area (TPSA) is 71.1 Å². The van der Waals surface area contributed by atoms with Crippen LogP contribution in [-0.2, 0) is 11.3 Å². The Hall–Kier alpha value is -3.28. The van der Waals surface area contributed by atoms with Gasteiger partial charge in [-0.3, -0.25) is 14.6 Å². The highest BCUT2D eigenvalue weighted by Gasteiger charge is 2.13. The van der Waals surface area contributed by atoms with Crippen molar-refractivity contribution >= 4 is 22.7 Å². The molecule has 3 rings (SSSR count). The lowest BCUT2D eigenvalue weighted by Gasteiger charge is -2.09. The lowest BCUT2D eigenvalue weighted by molar-refractivity contribution is -0.120. The molecule has 1 heterocycles. The number of fused-ring (bicyclic) bond motifs is 1. The molecule has 0 aliphatic carbocycles. The van der Waals surface area contributed by atoms with Crippen LogP contribution in [0, 0.1) is 12.7 Å². The van der Waals surface area contributed by atoms with Crippen LogP contribution in [0.1, 0.15) is 21.6 Å². The van der Waals surface area contributed by atoms with Gasteiger partial charge in [0.25, 0.3) is 5.91 Å². The molecule has 6 heteroatoms. The third-order valence-corrected chi connectivity index (χ3v) is 3.96. The van der Waals surface area contributed by atoms with Gasteiger partial charge < -0.3 is 10.6 Å². The zero-order valence-corrected chi connectivity index (χ0v) is 14.3. The van der Waals surface area contributed by atoms with Crippen molar-refractivity contribution in [1.29, 1.82) is 0 Å². The zero-order valence-electron chi connectivity index (χ0n) is 14.3. The highest BCUT2D eigenvalue weighted by atomic mass is 19.1. The molecule has 132 valence electrons. The van der Waals surface area contributed by atoms with Crippen LogP contribution >= 0.6 is 0 Å². The normalized spacial score (nSPS) is 10.5. The van der Waals surface area contributed by atoms with E-state index in [0.717, 1.165) is 5.56 Å². The number of aromatic nitrogens is 1. The van der Waals surface area contributed by atoms with Gasteiger partial charge in [0.2, 0.25) is 5.91 Å². The lowest BCUT2D eigenvalue weighted by Crippen LogP contribution is -2.36. The Morgan fingerprint density at radius 3 is 2.58 bits per heavy atom. The van der Waals surface area contributed by atoms with E-state index in [0.29, 0.717) is 28.7 Å². The predicted molar refractivity (Wildman–Crippen MR) is 97.1 cm³/mol. The summed E-state index contributed by atoms with van der Waals surface area (Å²) < 4.78 is 13.3. The highest BCUT2D eigenvalue weighted by molar-refractivity contribution is 6.00. The molecule has 2 amide bonds. The van der Waals surface area contributed by atoms with Crippen molar-refractivity contribution < 1.29 is 14.0 Å². The average Bonchev–Trinajstić information content (AvgIpc) is 2.64. The number of rotatable bonds is 5. The van der Waals surface area contributed by atoms with Crippen molar-refractivity contribution in [3.8, 4) is 0 Å². The van der Waals surface area contributed by atoms with Gasteiger partial charge in [0.05, 0.1) is 23.3 Å². The quantitative estimate of drug-likeness (QED) is 0.742. The number of nitrogens with one attached hydrogen (secondary N) is 2. The Morgan fingerprint density at radius 2 is 1.81 bits per heavy atom. The Labute approximate surface area is 150 Å². The molecule has 0 aliphatic heterocycles. The summed E-state index contributed by atoms with van der Waals surface area (Å²) in [5.74, 6) is -1.05. The van der Waals surface area contributed by atoms with E-state index < -0.39 is 5.91 Å². The van der Waals surface area contributed by atoms with E-state index in [1.54, 1.807) is 19.1 Å². The van der Waals surface area contributed by atoms with E-state index in [2.05, 4.69) is 15.6 Å². The van der Waals surface area contributed by atoms with Gasteiger partial charge in [0, 0.05) is 18.0 Å². The molecule has 0 saturated heterocycles. The second-order valence-electron chi connectivity index (χ2n) is 5.90. The van der Waals surface area contributed by atoms with Crippen LogP contribution in [0.15, 0.2) is 54.6 Å². The maximum atomic E-state index is 13.3. The number of nitrogens with zero attached hydrogens (tertiary/aromatic N) is 1. The number of hydrogen-bond acceptors (Lipinski definition) is 3. The SMILES string of the molecule is Cc1nc2cc(F)ccc2cc1C(=O)NCC(=O)NCc1ccccc1.